The molecule has 1 aromatic carbocycles. The fraction of sp³-hybridized carbons (Fsp3) is 0.611. The normalized spacial score (nSPS) is 21.6. The lowest BCUT2D eigenvalue weighted by Gasteiger charge is -2.35. The summed E-state index contributed by atoms with van der Waals surface area (Å²) in [6, 6.07) is 8.06. The molecule has 7 heteroatoms. The lowest BCUT2D eigenvalue weighted by molar-refractivity contribution is -0.116. The summed E-state index contributed by atoms with van der Waals surface area (Å²) in [5, 5.41) is 3.03. The number of rotatable bonds is 6. The fourth-order valence-electron chi connectivity index (χ4n) is 3.01. The average molecular weight is 392 g/mol. The summed E-state index contributed by atoms with van der Waals surface area (Å²) in [5.74, 6) is 0.0264. The van der Waals surface area contributed by atoms with Crippen LogP contribution in [-0.4, -0.2) is 42.1 Å². The predicted molar refractivity (Wildman–Crippen MR) is 108 cm³/mol. The number of morpholine rings is 1. The standard InChI is InChI=1S/C18H29N3O2.2ClH/c1-13(19)8-9-18(22)20-17-7-5-4-6-16(17)12-21-10-14(2)23-15(3)11-21;;/h4-7,13-15H,8-12,19H2,1-3H3,(H,20,22);2*1H. The van der Waals surface area contributed by atoms with Crippen LogP contribution in [0.3, 0.4) is 0 Å². The molecule has 3 atom stereocenters. The van der Waals surface area contributed by atoms with E-state index in [1.807, 2.05) is 25.1 Å². The summed E-state index contributed by atoms with van der Waals surface area (Å²) in [7, 11) is 0. The second kappa shape index (κ2) is 11.7. The molecular formula is C18H31Cl2N3O2. The van der Waals surface area contributed by atoms with E-state index < -0.39 is 0 Å². The zero-order valence-electron chi connectivity index (χ0n) is 15.2. The van der Waals surface area contributed by atoms with Gasteiger partial charge in [-0.1, -0.05) is 18.2 Å². The molecule has 1 aliphatic rings. The number of nitrogens with one attached hydrogen (secondary N) is 1. The van der Waals surface area contributed by atoms with Gasteiger partial charge in [0.05, 0.1) is 12.2 Å². The van der Waals surface area contributed by atoms with E-state index in [0.29, 0.717) is 12.8 Å². The molecule has 144 valence electrons. The first-order valence-electron chi connectivity index (χ1n) is 8.45. The van der Waals surface area contributed by atoms with E-state index in [1.165, 1.54) is 0 Å². The highest BCUT2D eigenvalue weighted by atomic mass is 35.5. The molecule has 1 amide bonds. The molecule has 25 heavy (non-hydrogen) atoms. The number of para-hydroxylation sites is 1. The van der Waals surface area contributed by atoms with Crippen LogP contribution in [-0.2, 0) is 16.1 Å². The molecular weight excluding hydrogens is 361 g/mol. The van der Waals surface area contributed by atoms with Gasteiger partial charge in [-0.15, -0.1) is 24.8 Å². The van der Waals surface area contributed by atoms with E-state index in [-0.39, 0.29) is 49.0 Å². The Bertz CT molecular complexity index is 519. The number of hydrogen-bond donors (Lipinski definition) is 2. The third-order valence-corrected chi connectivity index (χ3v) is 4.01. The van der Waals surface area contributed by atoms with Crippen molar-refractivity contribution in [1.82, 2.24) is 4.90 Å². The van der Waals surface area contributed by atoms with Crippen molar-refractivity contribution in [3.63, 3.8) is 0 Å². The van der Waals surface area contributed by atoms with Crippen LogP contribution in [0, 0.1) is 0 Å². The van der Waals surface area contributed by atoms with Gasteiger partial charge in [-0.05, 0) is 38.8 Å². The van der Waals surface area contributed by atoms with Crippen molar-refractivity contribution >= 4 is 36.4 Å². The number of carbonyl (C=O) groups excluding carboxylic acids is 1. The van der Waals surface area contributed by atoms with Crippen molar-refractivity contribution < 1.29 is 9.53 Å². The highest BCUT2D eigenvalue weighted by molar-refractivity contribution is 5.91. The second-order valence-electron chi connectivity index (χ2n) is 6.67. The molecule has 2 rings (SSSR count). The van der Waals surface area contributed by atoms with E-state index in [4.69, 9.17) is 10.5 Å². The lowest BCUT2D eigenvalue weighted by Crippen LogP contribution is -2.44. The van der Waals surface area contributed by atoms with Crippen LogP contribution in [0.2, 0.25) is 0 Å². The number of halogens is 2. The Hall–Kier alpha value is -0.850. The van der Waals surface area contributed by atoms with E-state index >= 15 is 0 Å². The molecule has 0 radical (unpaired) electrons. The number of nitrogens with zero attached hydrogens (tertiary/aromatic N) is 1. The summed E-state index contributed by atoms with van der Waals surface area (Å²) in [6.45, 7) is 8.77. The maximum Gasteiger partial charge on any atom is 0.224 e. The maximum atomic E-state index is 12.1. The van der Waals surface area contributed by atoms with Crippen LogP contribution in [0.25, 0.3) is 0 Å². The molecule has 1 aromatic rings. The number of amides is 1. The zero-order chi connectivity index (χ0) is 16.8. The minimum Gasteiger partial charge on any atom is -0.373 e. The van der Waals surface area contributed by atoms with Gasteiger partial charge in [-0.2, -0.15) is 0 Å². The van der Waals surface area contributed by atoms with Gasteiger partial charge in [0, 0.05) is 37.8 Å². The summed E-state index contributed by atoms with van der Waals surface area (Å²) in [5.41, 5.74) is 7.75. The number of hydrogen-bond acceptors (Lipinski definition) is 4. The molecule has 0 saturated carbocycles. The molecule has 5 nitrogen and oxygen atoms in total. The third kappa shape index (κ3) is 8.38. The van der Waals surface area contributed by atoms with Crippen molar-refractivity contribution in [3.8, 4) is 0 Å². The molecule has 0 bridgehead atoms. The number of anilines is 1. The van der Waals surface area contributed by atoms with E-state index in [9.17, 15) is 4.79 Å². The Balaban J connectivity index is 0.00000288. The molecule has 3 unspecified atom stereocenters. The van der Waals surface area contributed by atoms with Crippen molar-refractivity contribution in [3.05, 3.63) is 29.8 Å². The molecule has 0 aliphatic carbocycles. The Morgan fingerprint density at radius 2 is 1.88 bits per heavy atom. The Morgan fingerprint density at radius 1 is 1.28 bits per heavy atom. The van der Waals surface area contributed by atoms with Crippen LogP contribution in [0.1, 0.15) is 39.2 Å². The van der Waals surface area contributed by atoms with Gasteiger partial charge in [-0.3, -0.25) is 9.69 Å². The topological polar surface area (TPSA) is 67.6 Å². The molecule has 1 saturated heterocycles. The van der Waals surface area contributed by atoms with E-state index in [1.54, 1.807) is 0 Å². The SMILES string of the molecule is CC(N)CCC(=O)Nc1ccccc1CN1CC(C)OC(C)C1.Cl.Cl. The number of carbonyl (C=O) groups is 1. The predicted octanol–water partition coefficient (Wildman–Crippen LogP) is 3.21. The summed E-state index contributed by atoms with van der Waals surface area (Å²) in [6.07, 6.45) is 1.64. The number of benzene rings is 1. The second-order valence-corrected chi connectivity index (χ2v) is 6.67. The Labute approximate surface area is 163 Å². The van der Waals surface area contributed by atoms with Crippen molar-refractivity contribution in [2.75, 3.05) is 18.4 Å². The fourth-order valence-corrected chi connectivity index (χ4v) is 3.01. The highest BCUT2D eigenvalue weighted by Gasteiger charge is 2.22. The molecule has 1 heterocycles. The van der Waals surface area contributed by atoms with Gasteiger partial charge in [-0.25, -0.2) is 0 Å². The van der Waals surface area contributed by atoms with Crippen LogP contribution in [0.5, 0.6) is 0 Å². The summed E-state index contributed by atoms with van der Waals surface area (Å²) >= 11 is 0. The van der Waals surface area contributed by atoms with Gasteiger partial charge >= 0.3 is 0 Å². The van der Waals surface area contributed by atoms with Gasteiger partial charge in [0.15, 0.2) is 0 Å². The minimum atomic E-state index is 0. The Kier molecular flexibility index (Phi) is 11.3. The van der Waals surface area contributed by atoms with Gasteiger partial charge in [0.25, 0.3) is 0 Å². The molecule has 1 fully saturated rings. The average Bonchev–Trinajstić information content (AvgIpc) is 2.46. The third-order valence-electron chi connectivity index (χ3n) is 4.01. The first-order valence-corrected chi connectivity index (χ1v) is 8.45. The van der Waals surface area contributed by atoms with Crippen molar-refractivity contribution in [1.29, 1.82) is 0 Å². The molecule has 0 spiro atoms. The monoisotopic (exact) mass is 391 g/mol. The van der Waals surface area contributed by atoms with Gasteiger partial charge in [0.1, 0.15) is 0 Å². The summed E-state index contributed by atoms with van der Waals surface area (Å²) < 4.78 is 5.78. The number of nitrogens with two attached hydrogens (primary N) is 1. The van der Waals surface area contributed by atoms with Crippen LogP contribution in [0.15, 0.2) is 24.3 Å². The highest BCUT2D eigenvalue weighted by Crippen LogP contribution is 2.20. The smallest absolute Gasteiger partial charge is 0.224 e. The molecule has 0 aromatic heterocycles. The molecule has 3 N–H and O–H groups in total. The number of ether oxygens (including phenoxy) is 1. The quantitative estimate of drug-likeness (QED) is 0.780. The lowest BCUT2D eigenvalue weighted by atomic mass is 10.1. The van der Waals surface area contributed by atoms with Gasteiger partial charge in [0.2, 0.25) is 5.91 Å². The molecule has 1 aliphatic heterocycles. The maximum absolute atomic E-state index is 12.1. The first-order chi connectivity index (χ1) is 10.9. The van der Waals surface area contributed by atoms with Crippen LogP contribution >= 0.6 is 24.8 Å². The summed E-state index contributed by atoms with van der Waals surface area (Å²) in [4.78, 5) is 14.4. The van der Waals surface area contributed by atoms with Crippen LogP contribution < -0.4 is 11.1 Å². The first kappa shape index (κ1) is 24.1. The zero-order valence-corrected chi connectivity index (χ0v) is 16.9. The van der Waals surface area contributed by atoms with E-state index in [0.717, 1.165) is 30.9 Å². The Morgan fingerprint density at radius 3 is 2.48 bits per heavy atom. The van der Waals surface area contributed by atoms with Crippen molar-refractivity contribution in [2.45, 2.75) is 58.4 Å². The van der Waals surface area contributed by atoms with Crippen molar-refractivity contribution in [2.24, 2.45) is 5.73 Å². The van der Waals surface area contributed by atoms with Crippen LogP contribution in [0.4, 0.5) is 5.69 Å². The minimum absolute atomic E-state index is 0. The van der Waals surface area contributed by atoms with E-state index in [2.05, 4.69) is 30.1 Å². The largest absolute Gasteiger partial charge is 0.373 e. The van der Waals surface area contributed by atoms with Gasteiger partial charge < -0.3 is 15.8 Å².